The van der Waals surface area contributed by atoms with Crippen LogP contribution in [0.5, 0.6) is 11.8 Å². The van der Waals surface area contributed by atoms with Crippen molar-refractivity contribution in [1.82, 2.24) is 9.97 Å². The van der Waals surface area contributed by atoms with Crippen molar-refractivity contribution in [2.75, 3.05) is 6.61 Å². The molecule has 1 aromatic heterocycles. The molecule has 7 heteroatoms. The number of benzene rings is 1. The molecule has 0 amide bonds. The quantitative estimate of drug-likeness (QED) is 0.128. The number of unbranched alkanes of at least 4 members (excludes halogenated alkanes) is 7. The fraction of sp³-hybridized carbons (Fsp3) is 0.577. The van der Waals surface area contributed by atoms with Crippen LogP contribution in [-0.4, -0.2) is 35.1 Å². The minimum atomic E-state index is -0.749. The Labute approximate surface area is 196 Å². The van der Waals surface area contributed by atoms with Gasteiger partial charge in [-0.2, -0.15) is 0 Å². The smallest absolute Gasteiger partial charge is 0.463 e. The molecule has 0 spiro atoms. The topological polar surface area (TPSA) is 83.1 Å². The van der Waals surface area contributed by atoms with Gasteiger partial charge < -0.3 is 18.9 Å². The highest BCUT2D eigenvalue weighted by Gasteiger charge is 2.42. The highest BCUT2D eigenvalue weighted by Crippen LogP contribution is 2.29. The maximum atomic E-state index is 11.9. The molecule has 1 saturated heterocycles. The molecule has 3 rings (SSSR count). The van der Waals surface area contributed by atoms with E-state index in [1.54, 1.807) is 24.5 Å². The second kappa shape index (κ2) is 13.8. The summed E-state index contributed by atoms with van der Waals surface area (Å²) in [5, 5.41) is 0. The minimum Gasteiger partial charge on any atom is -0.463 e. The Balaban J connectivity index is 1.36. The van der Waals surface area contributed by atoms with Gasteiger partial charge in [0.15, 0.2) is 0 Å². The highest BCUT2D eigenvalue weighted by atomic mass is 16.8. The monoisotopic (exact) mass is 456 g/mol. The maximum absolute atomic E-state index is 11.9. The second-order valence-electron chi connectivity index (χ2n) is 8.40. The Bertz CT molecular complexity index is 826. The first kappa shape index (κ1) is 25.0. The van der Waals surface area contributed by atoms with E-state index < -0.39 is 12.4 Å². The summed E-state index contributed by atoms with van der Waals surface area (Å²) in [6.45, 7) is 5.01. The van der Waals surface area contributed by atoms with E-state index in [-0.39, 0.29) is 6.10 Å². The van der Waals surface area contributed by atoms with Crippen LogP contribution in [-0.2, 0) is 9.47 Å². The van der Waals surface area contributed by atoms with E-state index in [1.807, 2.05) is 12.1 Å². The van der Waals surface area contributed by atoms with E-state index in [2.05, 4.69) is 23.8 Å². The number of carbonyl (C=O) groups is 1. The van der Waals surface area contributed by atoms with E-state index in [0.29, 0.717) is 18.4 Å². The third-order valence-corrected chi connectivity index (χ3v) is 5.59. The van der Waals surface area contributed by atoms with E-state index in [1.165, 1.54) is 32.1 Å². The maximum Gasteiger partial charge on any atom is 0.516 e. The molecular weight excluding hydrogens is 420 g/mol. The average molecular weight is 457 g/mol. The summed E-state index contributed by atoms with van der Waals surface area (Å²) in [5.41, 5.74) is 1.78. The third-order valence-electron chi connectivity index (χ3n) is 5.59. The Morgan fingerprint density at radius 3 is 2.27 bits per heavy atom. The number of carbonyl (C=O) groups excluding carboxylic acids is 1. The van der Waals surface area contributed by atoms with Gasteiger partial charge in [0, 0.05) is 18.0 Å². The molecule has 1 aromatic carbocycles. The molecule has 2 aromatic rings. The first-order valence-corrected chi connectivity index (χ1v) is 12.3. The lowest BCUT2D eigenvalue weighted by Crippen LogP contribution is -2.14. The zero-order valence-corrected chi connectivity index (χ0v) is 19.8. The van der Waals surface area contributed by atoms with Gasteiger partial charge in [-0.05, 0) is 30.5 Å². The Kier molecular flexibility index (Phi) is 10.4. The molecule has 2 atom stereocenters. The average Bonchev–Trinajstić information content (AvgIpc) is 3.57. The van der Waals surface area contributed by atoms with E-state index in [9.17, 15) is 4.79 Å². The molecule has 1 aliphatic rings. The zero-order chi connectivity index (χ0) is 23.3. The van der Waals surface area contributed by atoms with Gasteiger partial charge in [-0.3, -0.25) is 0 Å². The lowest BCUT2D eigenvalue weighted by molar-refractivity contribution is 0.0562. The van der Waals surface area contributed by atoms with Crippen molar-refractivity contribution < 1.29 is 23.7 Å². The van der Waals surface area contributed by atoms with E-state index in [0.717, 1.165) is 43.2 Å². The number of aromatic nitrogens is 2. The summed E-state index contributed by atoms with van der Waals surface area (Å²) in [6.07, 6.45) is 13.8. The molecule has 0 unspecified atom stereocenters. The molecule has 1 aliphatic heterocycles. The summed E-state index contributed by atoms with van der Waals surface area (Å²) < 4.78 is 21.4. The van der Waals surface area contributed by atoms with Gasteiger partial charge in [0.2, 0.25) is 6.29 Å². The van der Waals surface area contributed by atoms with Crippen molar-refractivity contribution in [1.29, 1.82) is 0 Å². The molecule has 0 N–H and O–H groups in total. The largest absolute Gasteiger partial charge is 0.516 e. The van der Waals surface area contributed by atoms with Crippen LogP contribution in [0.3, 0.4) is 0 Å². The van der Waals surface area contributed by atoms with Crippen molar-refractivity contribution in [3.05, 3.63) is 36.7 Å². The Hall–Kier alpha value is -2.67. The number of ether oxygens (including phenoxy) is 4. The Morgan fingerprint density at radius 1 is 0.879 bits per heavy atom. The molecule has 33 heavy (non-hydrogen) atoms. The van der Waals surface area contributed by atoms with Gasteiger partial charge in [-0.25, -0.2) is 14.8 Å². The molecule has 7 nitrogen and oxygen atoms in total. The zero-order valence-electron chi connectivity index (χ0n) is 19.8. The Morgan fingerprint density at radius 2 is 1.55 bits per heavy atom. The molecule has 1 fully saturated rings. The number of hydrogen-bond acceptors (Lipinski definition) is 7. The van der Waals surface area contributed by atoms with Crippen LogP contribution in [0.4, 0.5) is 4.79 Å². The molecule has 0 radical (unpaired) electrons. The van der Waals surface area contributed by atoms with Gasteiger partial charge >= 0.3 is 12.2 Å². The normalized spacial score (nSPS) is 16.9. The van der Waals surface area contributed by atoms with Gasteiger partial charge in [-0.1, -0.05) is 77.3 Å². The van der Waals surface area contributed by atoms with Crippen molar-refractivity contribution in [3.63, 3.8) is 0 Å². The van der Waals surface area contributed by atoms with Crippen LogP contribution in [0.25, 0.3) is 11.1 Å². The van der Waals surface area contributed by atoms with Crippen LogP contribution < -0.4 is 9.47 Å². The molecular formula is C26H36N2O5. The fourth-order valence-corrected chi connectivity index (χ4v) is 3.55. The van der Waals surface area contributed by atoms with Gasteiger partial charge in [0.05, 0.1) is 6.61 Å². The van der Waals surface area contributed by atoms with Crippen molar-refractivity contribution >= 4 is 6.16 Å². The molecule has 0 aliphatic carbocycles. The predicted octanol–water partition coefficient (Wildman–Crippen LogP) is 6.70. The fourth-order valence-electron chi connectivity index (χ4n) is 3.55. The first-order chi connectivity index (χ1) is 16.2. The summed E-state index contributed by atoms with van der Waals surface area (Å²) in [6, 6.07) is 7.52. The summed E-state index contributed by atoms with van der Waals surface area (Å²) >= 11 is 0. The second-order valence-corrected chi connectivity index (χ2v) is 8.40. The van der Waals surface area contributed by atoms with Crippen LogP contribution in [0.2, 0.25) is 0 Å². The standard InChI is InChI=1S/C26H36N2O5/c1-3-5-7-8-9-11-17-30-25-27-18-21(19-28-25)20-13-15-22(16-14-20)31-26(29)33-24-23(32-24)12-10-6-4-2/h13-16,18-19,23-24H,3-12,17H2,1-2H3/t23-,24+/m0/s1. The van der Waals surface area contributed by atoms with Crippen LogP contribution in [0, 0.1) is 0 Å². The third kappa shape index (κ3) is 9.00. The molecule has 180 valence electrons. The van der Waals surface area contributed by atoms with Crippen LogP contribution in [0.1, 0.15) is 78.1 Å². The minimum absolute atomic E-state index is 0.00391. The van der Waals surface area contributed by atoms with Crippen LogP contribution >= 0.6 is 0 Å². The first-order valence-electron chi connectivity index (χ1n) is 12.3. The lowest BCUT2D eigenvalue weighted by atomic mass is 10.1. The van der Waals surface area contributed by atoms with E-state index in [4.69, 9.17) is 18.9 Å². The number of epoxide rings is 1. The van der Waals surface area contributed by atoms with Crippen molar-refractivity contribution in [2.45, 2.75) is 90.4 Å². The van der Waals surface area contributed by atoms with Gasteiger partial charge in [0.25, 0.3) is 0 Å². The summed E-state index contributed by atoms with van der Waals surface area (Å²) in [7, 11) is 0. The molecule has 0 bridgehead atoms. The summed E-state index contributed by atoms with van der Waals surface area (Å²) in [5.74, 6) is 0.409. The number of nitrogens with zero attached hydrogens (tertiary/aromatic N) is 2. The molecule has 0 saturated carbocycles. The highest BCUT2D eigenvalue weighted by molar-refractivity contribution is 5.66. The SMILES string of the molecule is CCCCCCCCOc1ncc(-c2ccc(OC(=O)O[C@H]3O[C@H]3CCCCC)cc2)cn1. The molecule has 2 heterocycles. The lowest BCUT2D eigenvalue weighted by Gasteiger charge is -2.07. The van der Waals surface area contributed by atoms with Crippen LogP contribution in [0.15, 0.2) is 36.7 Å². The predicted molar refractivity (Wildman–Crippen MR) is 126 cm³/mol. The number of hydrogen-bond donors (Lipinski definition) is 0. The van der Waals surface area contributed by atoms with Gasteiger partial charge in [0.1, 0.15) is 11.9 Å². The van der Waals surface area contributed by atoms with Crippen molar-refractivity contribution in [2.24, 2.45) is 0 Å². The number of rotatable bonds is 15. The summed E-state index contributed by atoms with van der Waals surface area (Å²) in [4.78, 5) is 20.5. The van der Waals surface area contributed by atoms with Crippen molar-refractivity contribution in [3.8, 4) is 22.9 Å². The van der Waals surface area contributed by atoms with Gasteiger partial charge in [-0.15, -0.1) is 0 Å². The van der Waals surface area contributed by atoms with E-state index >= 15 is 0 Å².